The van der Waals surface area contributed by atoms with Crippen molar-refractivity contribution < 1.29 is 4.21 Å². The summed E-state index contributed by atoms with van der Waals surface area (Å²) in [5.74, 6) is 2.46. The van der Waals surface area contributed by atoms with Crippen LogP contribution >= 0.6 is 23.5 Å². The van der Waals surface area contributed by atoms with Crippen molar-refractivity contribution in [1.82, 2.24) is 0 Å². The first-order valence-corrected chi connectivity index (χ1v) is 7.88. The molecular formula is C8H14OS3. The highest BCUT2D eigenvalue weighted by Gasteiger charge is 2.30. The Morgan fingerprint density at radius 2 is 1.50 bits per heavy atom. The second-order valence-electron chi connectivity index (χ2n) is 3.21. The van der Waals surface area contributed by atoms with E-state index in [9.17, 15) is 4.21 Å². The van der Waals surface area contributed by atoms with Gasteiger partial charge in [-0.2, -0.15) is 0 Å². The summed E-state index contributed by atoms with van der Waals surface area (Å²) >= 11 is 3.85. The van der Waals surface area contributed by atoms with Gasteiger partial charge in [-0.15, -0.1) is 23.5 Å². The minimum atomic E-state index is -0.545. The van der Waals surface area contributed by atoms with Crippen molar-refractivity contribution in [2.45, 2.75) is 34.8 Å². The molecule has 0 aromatic carbocycles. The molecule has 0 aliphatic carbocycles. The van der Waals surface area contributed by atoms with Crippen LogP contribution in [0.4, 0.5) is 0 Å². The molecule has 0 N–H and O–H groups in total. The van der Waals surface area contributed by atoms with Gasteiger partial charge in [0.2, 0.25) is 0 Å². The minimum Gasteiger partial charge on any atom is -0.257 e. The lowest BCUT2D eigenvalue weighted by atomic mass is 10.4. The van der Waals surface area contributed by atoms with E-state index in [4.69, 9.17) is 0 Å². The van der Waals surface area contributed by atoms with Crippen LogP contribution in [0.1, 0.15) is 25.7 Å². The largest absolute Gasteiger partial charge is 0.257 e. The van der Waals surface area contributed by atoms with Crippen LogP contribution < -0.4 is 0 Å². The fraction of sp³-hybridized carbons (Fsp3) is 1.00. The van der Waals surface area contributed by atoms with Gasteiger partial charge >= 0.3 is 0 Å². The van der Waals surface area contributed by atoms with E-state index < -0.39 is 10.8 Å². The molecule has 2 aliphatic rings. The van der Waals surface area contributed by atoms with Gasteiger partial charge in [0.05, 0.1) is 9.16 Å². The summed E-state index contributed by atoms with van der Waals surface area (Å²) in [4.78, 5) is 0. The Morgan fingerprint density at radius 3 is 1.83 bits per heavy atom. The van der Waals surface area contributed by atoms with Crippen molar-refractivity contribution in [3.8, 4) is 0 Å². The first kappa shape index (κ1) is 9.41. The molecule has 0 aromatic rings. The highest BCUT2D eigenvalue weighted by Crippen LogP contribution is 2.37. The zero-order valence-electron chi connectivity index (χ0n) is 7.03. The monoisotopic (exact) mass is 222 g/mol. The lowest BCUT2D eigenvalue weighted by Gasteiger charge is -2.13. The van der Waals surface area contributed by atoms with Crippen LogP contribution in [0.2, 0.25) is 0 Å². The predicted molar refractivity (Wildman–Crippen MR) is 59.1 cm³/mol. The zero-order chi connectivity index (χ0) is 8.39. The van der Waals surface area contributed by atoms with Crippen molar-refractivity contribution in [3.05, 3.63) is 0 Å². The summed E-state index contributed by atoms with van der Waals surface area (Å²) in [6, 6.07) is 0. The van der Waals surface area contributed by atoms with Crippen molar-refractivity contribution in [2.24, 2.45) is 0 Å². The van der Waals surface area contributed by atoms with Gasteiger partial charge in [-0.25, -0.2) is 0 Å². The third kappa shape index (κ3) is 2.02. The Kier molecular flexibility index (Phi) is 3.43. The molecule has 2 rings (SSSR count). The smallest absolute Gasteiger partial charge is 0.0813 e. The summed E-state index contributed by atoms with van der Waals surface area (Å²) in [5.41, 5.74) is 0. The van der Waals surface area contributed by atoms with E-state index >= 15 is 0 Å². The number of hydrogen-bond acceptors (Lipinski definition) is 3. The van der Waals surface area contributed by atoms with Gasteiger partial charge in [0, 0.05) is 10.8 Å². The van der Waals surface area contributed by atoms with E-state index in [-0.39, 0.29) is 0 Å². The van der Waals surface area contributed by atoms with E-state index in [1.54, 1.807) is 0 Å². The number of hydrogen-bond donors (Lipinski definition) is 0. The Morgan fingerprint density at radius 1 is 1.00 bits per heavy atom. The maximum atomic E-state index is 11.9. The van der Waals surface area contributed by atoms with Crippen LogP contribution in [-0.4, -0.2) is 24.9 Å². The van der Waals surface area contributed by atoms with Crippen LogP contribution in [0, 0.1) is 0 Å². The quantitative estimate of drug-likeness (QED) is 0.714. The molecule has 1 nitrogen and oxygen atoms in total. The van der Waals surface area contributed by atoms with Crippen LogP contribution in [0.15, 0.2) is 0 Å². The van der Waals surface area contributed by atoms with Crippen molar-refractivity contribution in [1.29, 1.82) is 0 Å². The molecule has 2 saturated heterocycles. The topological polar surface area (TPSA) is 17.1 Å². The summed E-state index contributed by atoms with van der Waals surface area (Å²) in [6.07, 6.45) is 4.93. The van der Waals surface area contributed by atoms with Crippen LogP contribution in [0.5, 0.6) is 0 Å². The van der Waals surface area contributed by atoms with E-state index in [2.05, 4.69) is 0 Å². The molecule has 12 heavy (non-hydrogen) atoms. The average molecular weight is 222 g/mol. The SMILES string of the molecule is O=S(C1CCCS1)C1CCCS1. The molecule has 0 amide bonds. The molecule has 0 aromatic heterocycles. The van der Waals surface area contributed by atoms with Crippen molar-refractivity contribution in [3.63, 3.8) is 0 Å². The van der Waals surface area contributed by atoms with Gasteiger partial charge < -0.3 is 0 Å². The molecule has 0 spiro atoms. The van der Waals surface area contributed by atoms with Gasteiger partial charge in [-0.3, -0.25) is 4.21 Å². The van der Waals surface area contributed by atoms with Gasteiger partial charge in [-0.05, 0) is 37.2 Å². The first-order valence-electron chi connectivity index (χ1n) is 4.50. The fourth-order valence-corrected chi connectivity index (χ4v) is 7.29. The molecular weight excluding hydrogens is 208 g/mol. The Hall–Kier alpha value is 0.850. The second-order valence-corrected chi connectivity index (χ2v) is 8.23. The van der Waals surface area contributed by atoms with Crippen molar-refractivity contribution >= 4 is 34.3 Å². The summed E-state index contributed by atoms with van der Waals surface area (Å²) in [6.45, 7) is 0. The van der Waals surface area contributed by atoms with E-state index in [1.807, 2.05) is 23.5 Å². The van der Waals surface area contributed by atoms with E-state index in [0.717, 1.165) is 0 Å². The highest BCUT2D eigenvalue weighted by atomic mass is 32.3. The standard InChI is InChI=1S/C8H14OS3/c9-12(7-3-1-5-10-7)8-4-2-6-11-8/h7-8H,1-6H2. The summed E-state index contributed by atoms with van der Waals surface area (Å²) < 4.78 is 12.9. The third-order valence-corrected chi connectivity index (χ3v) is 8.02. The molecule has 0 bridgehead atoms. The Balaban J connectivity index is 1.89. The normalized spacial score (nSPS) is 38.7. The Bertz CT molecular complexity index is 153. The number of rotatable bonds is 2. The summed E-state index contributed by atoms with van der Waals surface area (Å²) in [7, 11) is -0.545. The third-order valence-electron chi connectivity index (χ3n) is 2.29. The van der Waals surface area contributed by atoms with E-state index in [1.165, 1.54) is 37.2 Å². The maximum absolute atomic E-state index is 11.9. The average Bonchev–Trinajstić information content (AvgIpc) is 2.77. The molecule has 0 saturated carbocycles. The molecule has 2 atom stereocenters. The summed E-state index contributed by atoms with van der Waals surface area (Å²) in [5, 5.41) is 0. The molecule has 4 heteroatoms. The second kappa shape index (κ2) is 4.38. The molecule has 2 unspecified atom stereocenters. The first-order chi connectivity index (χ1) is 5.88. The van der Waals surface area contributed by atoms with Crippen LogP contribution in [-0.2, 0) is 10.8 Å². The van der Waals surface area contributed by atoms with E-state index in [0.29, 0.717) is 9.16 Å². The minimum absolute atomic E-state index is 0.473. The zero-order valence-corrected chi connectivity index (χ0v) is 9.48. The van der Waals surface area contributed by atoms with Gasteiger partial charge in [0.25, 0.3) is 0 Å². The number of thioether (sulfide) groups is 2. The maximum Gasteiger partial charge on any atom is 0.0813 e. The predicted octanol–water partition coefficient (Wildman–Crippen LogP) is 2.44. The molecule has 0 radical (unpaired) electrons. The van der Waals surface area contributed by atoms with Crippen molar-refractivity contribution in [2.75, 3.05) is 11.5 Å². The van der Waals surface area contributed by atoms with Gasteiger partial charge in [0.15, 0.2) is 0 Å². The molecule has 70 valence electrons. The van der Waals surface area contributed by atoms with Gasteiger partial charge in [-0.1, -0.05) is 0 Å². The molecule has 2 heterocycles. The molecule has 2 fully saturated rings. The van der Waals surface area contributed by atoms with Crippen LogP contribution in [0.3, 0.4) is 0 Å². The molecule has 2 aliphatic heterocycles. The highest BCUT2D eigenvalue weighted by molar-refractivity contribution is 8.18. The Labute approximate surface area is 84.9 Å². The lowest BCUT2D eigenvalue weighted by molar-refractivity contribution is 0.674. The van der Waals surface area contributed by atoms with Gasteiger partial charge in [0.1, 0.15) is 0 Å². The fourth-order valence-electron chi connectivity index (χ4n) is 1.63. The lowest BCUT2D eigenvalue weighted by Crippen LogP contribution is -2.16. The van der Waals surface area contributed by atoms with Crippen LogP contribution in [0.25, 0.3) is 0 Å².